The molecule has 1 saturated carbocycles. The summed E-state index contributed by atoms with van der Waals surface area (Å²) in [6.07, 6.45) is -1.72. The summed E-state index contributed by atoms with van der Waals surface area (Å²) in [7, 11) is 0. The van der Waals surface area contributed by atoms with E-state index < -0.39 is 12.0 Å². The van der Waals surface area contributed by atoms with E-state index in [4.69, 9.17) is 5.84 Å². The van der Waals surface area contributed by atoms with E-state index >= 15 is 0 Å². The SMILES string of the molecule is CC1(Nc2cc(NN)nc(C(F)(F)F)n2)CCC1. The third kappa shape index (κ3) is 2.63. The standard InChI is InChI=1S/C10H14F3N5/c1-9(3-2-4-9)17-6-5-7(18-14)16-8(15-6)10(11,12)13/h5H,2-4,14H2,1H3,(H2,15,16,17,18). The highest BCUT2D eigenvalue weighted by molar-refractivity contribution is 5.49. The number of nitrogens with zero attached hydrogens (tertiary/aromatic N) is 2. The van der Waals surface area contributed by atoms with Gasteiger partial charge >= 0.3 is 6.18 Å². The number of hydrazine groups is 1. The molecule has 0 aromatic carbocycles. The van der Waals surface area contributed by atoms with Gasteiger partial charge in [-0.05, 0) is 26.2 Å². The minimum atomic E-state index is -4.59. The van der Waals surface area contributed by atoms with Gasteiger partial charge < -0.3 is 10.7 Å². The molecule has 5 nitrogen and oxygen atoms in total. The van der Waals surface area contributed by atoms with E-state index in [9.17, 15) is 13.2 Å². The Labute approximate surface area is 102 Å². The number of nitrogens with two attached hydrogens (primary N) is 1. The number of nitrogen functional groups attached to an aromatic ring is 1. The summed E-state index contributed by atoms with van der Waals surface area (Å²) in [6.45, 7) is 1.95. The highest BCUT2D eigenvalue weighted by atomic mass is 19.4. The average molecular weight is 261 g/mol. The minimum absolute atomic E-state index is 0.0669. The van der Waals surface area contributed by atoms with Gasteiger partial charge in [-0.25, -0.2) is 15.8 Å². The Hall–Kier alpha value is -1.57. The number of alkyl halides is 3. The van der Waals surface area contributed by atoms with Gasteiger partial charge in [-0.2, -0.15) is 13.2 Å². The predicted molar refractivity (Wildman–Crippen MR) is 60.7 cm³/mol. The van der Waals surface area contributed by atoms with Crippen molar-refractivity contribution in [3.63, 3.8) is 0 Å². The third-order valence-corrected chi connectivity index (χ3v) is 3.01. The fourth-order valence-electron chi connectivity index (χ4n) is 1.85. The van der Waals surface area contributed by atoms with Crippen LogP contribution in [0, 0.1) is 0 Å². The minimum Gasteiger partial charge on any atom is -0.365 e. The quantitative estimate of drug-likeness (QED) is 0.574. The van der Waals surface area contributed by atoms with Crippen LogP contribution in [0.15, 0.2) is 6.07 Å². The van der Waals surface area contributed by atoms with E-state index in [0.717, 1.165) is 19.3 Å². The molecule has 1 aliphatic rings. The van der Waals surface area contributed by atoms with E-state index in [1.54, 1.807) is 0 Å². The van der Waals surface area contributed by atoms with Crippen LogP contribution in [0.25, 0.3) is 0 Å². The Morgan fingerprint density at radius 3 is 2.33 bits per heavy atom. The second kappa shape index (κ2) is 4.27. The number of halogens is 3. The zero-order valence-corrected chi connectivity index (χ0v) is 9.80. The van der Waals surface area contributed by atoms with Crippen molar-refractivity contribution in [1.82, 2.24) is 9.97 Å². The predicted octanol–water partition coefficient (Wildman–Crippen LogP) is 2.14. The Bertz CT molecular complexity index is 442. The Morgan fingerprint density at radius 2 is 1.89 bits per heavy atom. The van der Waals surface area contributed by atoms with Crippen molar-refractivity contribution in [2.45, 2.75) is 37.9 Å². The van der Waals surface area contributed by atoms with Crippen molar-refractivity contribution in [3.8, 4) is 0 Å². The maximum absolute atomic E-state index is 12.6. The topological polar surface area (TPSA) is 75.9 Å². The molecule has 0 saturated heterocycles. The molecular weight excluding hydrogens is 247 g/mol. The lowest BCUT2D eigenvalue weighted by Gasteiger charge is -2.39. The zero-order chi connectivity index (χ0) is 13.4. The normalized spacial score (nSPS) is 18.1. The van der Waals surface area contributed by atoms with Crippen molar-refractivity contribution in [1.29, 1.82) is 0 Å². The molecule has 18 heavy (non-hydrogen) atoms. The number of hydrogen-bond acceptors (Lipinski definition) is 5. The van der Waals surface area contributed by atoms with Crippen LogP contribution < -0.4 is 16.6 Å². The molecular formula is C10H14F3N5. The molecule has 2 rings (SSSR count). The maximum atomic E-state index is 12.6. The molecule has 1 aliphatic carbocycles. The lowest BCUT2D eigenvalue weighted by molar-refractivity contribution is -0.144. The van der Waals surface area contributed by atoms with E-state index in [1.807, 2.05) is 6.92 Å². The molecule has 0 radical (unpaired) electrons. The van der Waals surface area contributed by atoms with Gasteiger partial charge in [0.15, 0.2) is 0 Å². The van der Waals surface area contributed by atoms with E-state index in [0.29, 0.717) is 0 Å². The fourth-order valence-corrected chi connectivity index (χ4v) is 1.85. The second-order valence-electron chi connectivity index (χ2n) is 4.64. The molecule has 0 unspecified atom stereocenters. The van der Waals surface area contributed by atoms with Crippen LogP contribution in [0.2, 0.25) is 0 Å². The van der Waals surface area contributed by atoms with Crippen molar-refractivity contribution >= 4 is 11.6 Å². The molecule has 0 amide bonds. The Kier molecular flexibility index (Phi) is 3.05. The first-order valence-electron chi connectivity index (χ1n) is 5.53. The monoisotopic (exact) mass is 261 g/mol. The molecule has 1 aromatic rings. The van der Waals surface area contributed by atoms with Crippen LogP contribution in [0.5, 0.6) is 0 Å². The number of anilines is 2. The molecule has 0 bridgehead atoms. The highest BCUT2D eigenvalue weighted by Gasteiger charge is 2.37. The van der Waals surface area contributed by atoms with Gasteiger partial charge in [0.25, 0.3) is 0 Å². The lowest BCUT2D eigenvalue weighted by Crippen LogP contribution is -2.42. The van der Waals surface area contributed by atoms with E-state index in [-0.39, 0.29) is 17.2 Å². The Morgan fingerprint density at radius 1 is 1.28 bits per heavy atom. The average Bonchev–Trinajstić information content (AvgIpc) is 2.25. The zero-order valence-electron chi connectivity index (χ0n) is 9.80. The van der Waals surface area contributed by atoms with Crippen LogP contribution in [0.3, 0.4) is 0 Å². The van der Waals surface area contributed by atoms with Crippen LogP contribution in [0.1, 0.15) is 32.0 Å². The molecule has 0 aliphatic heterocycles. The summed E-state index contributed by atoms with van der Waals surface area (Å²) in [5.74, 6) is 3.97. The lowest BCUT2D eigenvalue weighted by atomic mass is 9.78. The van der Waals surface area contributed by atoms with Gasteiger partial charge in [0.1, 0.15) is 11.6 Å². The number of rotatable bonds is 3. The number of nitrogens with one attached hydrogen (secondary N) is 2. The number of hydrogen-bond donors (Lipinski definition) is 3. The number of aromatic nitrogens is 2. The maximum Gasteiger partial charge on any atom is 0.451 e. The summed E-state index contributed by atoms with van der Waals surface area (Å²) < 4.78 is 37.8. The molecule has 1 aromatic heterocycles. The molecule has 0 spiro atoms. The first-order valence-corrected chi connectivity index (χ1v) is 5.53. The molecule has 1 fully saturated rings. The van der Waals surface area contributed by atoms with Crippen LogP contribution in [-0.2, 0) is 6.18 Å². The van der Waals surface area contributed by atoms with Crippen LogP contribution in [-0.4, -0.2) is 15.5 Å². The first-order chi connectivity index (χ1) is 8.32. The summed E-state index contributed by atoms with van der Waals surface area (Å²) in [4.78, 5) is 6.76. The second-order valence-corrected chi connectivity index (χ2v) is 4.64. The summed E-state index contributed by atoms with van der Waals surface area (Å²) in [5.41, 5.74) is 1.92. The molecule has 0 atom stereocenters. The smallest absolute Gasteiger partial charge is 0.365 e. The van der Waals surface area contributed by atoms with Gasteiger partial charge in [-0.3, -0.25) is 0 Å². The van der Waals surface area contributed by atoms with Gasteiger partial charge in [0, 0.05) is 11.6 Å². The van der Waals surface area contributed by atoms with Gasteiger partial charge in [-0.1, -0.05) is 0 Å². The van der Waals surface area contributed by atoms with Gasteiger partial charge in [0.05, 0.1) is 0 Å². The summed E-state index contributed by atoms with van der Waals surface area (Å²) in [5, 5.41) is 3.00. The van der Waals surface area contributed by atoms with Crippen molar-refractivity contribution in [2.24, 2.45) is 5.84 Å². The molecule has 4 N–H and O–H groups in total. The van der Waals surface area contributed by atoms with E-state index in [1.165, 1.54) is 6.07 Å². The van der Waals surface area contributed by atoms with Crippen molar-refractivity contribution in [2.75, 3.05) is 10.7 Å². The molecule has 1 heterocycles. The largest absolute Gasteiger partial charge is 0.451 e. The van der Waals surface area contributed by atoms with Gasteiger partial charge in [0.2, 0.25) is 5.82 Å². The highest BCUT2D eigenvalue weighted by Crippen LogP contribution is 2.35. The summed E-state index contributed by atoms with van der Waals surface area (Å²) >= 11 is 0. The third-order valence-electron chi connectivity index (χ3n) is 3.01. The van der Waals surface area contributed by atoms with Crippen molar-refractivity contribution in [3.05, 3.63) is 11.9 Å². The van der Waals surface area contributed by atoms with E-state index in [2.05, 4.69) is 20.7 Å². The van der Waals surface area contributed by atoms with Crippen LogP contribution in [0.4, 0.5) is 24.8 Å². The van der Waals surface area contributed by atoms with Gasteiger partial charge in [-0.15, -0.1) is 0 Å². The van der Waals surface area contributed by atoms with Crippen LogP contribution >= 0.6 is 0 Å². The summed E-state index contributed by atoms with van der Waals surface area (Å²) in [6, 6.07) is 1.36. The molecule has 8 heteroatoms. The first kappa shape index (κ1) is 12.9. The fraction of sp³-hybridized carbons (Fsp3) is 0.600. The van der Waals surface area contributed by atoms with Crippen molar-refractivity contribution < 1.29 is 13.2 Å². The Balaban J connectivity index is 2.29. The molecule has 100 valence electrons.